The van der Waals surface area contributed by atoms with Crippen LogP contribution in [0, 0.1) is 0 Å². The molecule has 0 aliphatic heterocycles. The van der Waals surface area contributed by atoms with E-state index in [1.165, 1.54) is 25.7 Å². The first kappa shape index (κ1) is 51.1. The molecule has 0 aromatic carbocycles. The predicted molar refractivity (Wildman–Crippen MR) is 221 cm³/mol. The number of carbonyl (C=O) groups excluding carboxylic acids is 2. The molecule has 0 saturated carbocycles. The number of aliphatic hydroxyl groups excluding tert-OH is 1. The summed E-state index contributed by atoms with van der Waals surface area (Å²) in [5.41, 5.74) is 5.33. The van der Waals surface area contributed by atoms with Gasteiger partial charge in [-0.2, -0.15) is 0 Å². The van der Waals surface area contributed by atoms with Crippen molar-refractivity contribution in [3.63, 3.8) is 0 Å². The molecule has 0 aromatic heterocycles. The summed E-state index contributed by atoms with van der Waals surface area (Å²) in [5, 5.41) is 9.75. The third kappa shape index (κ3) is 37.5. The van der Waals surface area contributed by atoms with Crippen molar-refractivity contribution in [2.24, 2.45) is 5.73 Å². The van der Waals surface area contributed by atoms with Crippen LogP contribution in [0.4, 0.5) is 0 Å². The fourth-order valence-electron chi connectivity index (χ4n) is 4.84. The molecule has 0 fully saturated rings. The summed E-state index contributed by atoms with van der Waals surface area (Å²) in [6.45, 7) is 3.34. The van der Waals surface area contributed by atoms with E-state index < -0.39 is 38.6 Å². The minimum Gasteiger partial charge on any atom is -0.462 e. The Morgan fingerprint density at radius 2 is 1.24 bits per heavy atom. The van der Waals surface area contributed by atoms with Crippen molar-refractivity contribution in [1.82, 2.24) is 0 Å². The molecule has 308 valence electrons. The van der Waals surface area contributed by atoms with Crippen LogP contribution in [0.2, 0.25) is 0 Å². The molecule has 0 aromatic rings. The van der Waals surface area contributed by atoms with Crippen molar-refractivity contribution in [3.8, 4) is 0 Å². The Morgan fingerprint density at radius 3 is 1.91 bits per heavy atom. The second-order valence-electron chi connectivity index (χ2n) is 13.0. The van der Waals surface area contributed by atoms with Crippen LogP contribution in [0.15, 0.2) is 85.1 Å². The number of aliphatic hydroxyl groups is 1. The van der Waals surface area contributed by atoms with Crippen molar-refractivity contribution in [3.05, 3.63) is 85.1 Å². The first-order valence-electron chi connectivity index (χ1n) is 20.2. The molecule has 0 spiro atoms. The van der Waals surface area contributed by atoms with Crippen molar-refractivity contribution in [2.45, 2.75) is 148 Å². The summed E-state index contributed by atoms with van der Waals surface area (Å²) in [4.78, 5) is 34.8. The Balaban J connectivity index is 4.38. The third-order valence-corrected chi connectivity index (χ3v) is 8.82. The smallest absolute Gasteiger partial charge is 0.462 e. The van der Waals surface area contributed by atoms with Gasteiger partial charge in [-0.1, -0.05) is 131 Å². The maximum Gasteiger partial charge on any atom is 0.472 e. The Labute approximate surface area is 326 Å². The maximum atomic E-state index is 12.5. The lowest BCUT2D eigenvalue weighted by Crippen LogP contribution is -2.29. The van der Waals surface area contributed by atoms with Gasteiger partial charge in [-0.05, 0) is 77.0 Å². The van der Waals surface area contributed by atoms with E-state index in [-0.39, 0.29) is 32.6 Å². The Morgan fingerprint density at radius 1 is 0.667 bits per heavy atom. The van der Waals surface area contributed by atoms with Crippen molar-refractivity contribution >= 4 is 19.8 Å². The van der Waals surface area contributed by atoms with Gasteiger partial charge in [0.05, 0.1) is 19.3 Å². The van der Waals surface area contributed by atoms with Gasteiger partial charge in [-0.3, -0.25) is 18.6 Å². The standard InChI is InChI=1S/C43H72NO9P/c1-3-5-7-8-9-10-11-12-13-14-18-21-24-27-30-34-42(46)50-38-41(39-52-54(48,49)51-37-36-44)53-43(47)35-31-28-25-22-19-16-15-17-20-23-26-29-33-40(45)32-6-4-2/h6,9-10,12-13,15-16,20,22-23,25-26,29,32,40-41,45H,3-5,7-8,11,14,17-19,21,24,27-28,30-31,33-39,44H2,1-2H3,(H,48,49)/b10-9-,13-12-,16-15-,23-20-,25-22-,29-26+,32-6-/t40?,41-/m1/s1. The number of ether oxygens (including phenoxy) is 2. The first-order chi connectivity index (χ1) is 26.2. The monoisotopic (exact) mass is 777 g/mol. The SMILES string of the molecule is CC/C=C\C(O)C/C=C/C=C\C/C=C\C/C=C\CCCC(=O)O[C@H](COC(=O)CCCCCCC/C=C\C/C=C\CCCCC)COP(=O)(O)OCCN. The molecule has 10 nitrogen and oxygen atoms in total. The number of nitrogens with two attached hydrogens (primary N) is 1. The van der Waals surface area contributed by atoms with Crippen LogP contribution in [0.1, 0.15) is 136 Å². The average Bonchev–Trinajstić information content (AvgIpc) is 3.15. The molecule has 0 aliphatic rings. The van der Waals surface area contributed by atoms with E-state index in [2.05, 4.69) is 43.4 Å². The van der Waals surface area contributed by atoms with Crippen molar-refractivity contribution in [2.75, 3.05) is 26.4 Å². The van der Waals surface area contributed by atoms with Crippen LogP contribution in [0.3, 0.4) is 0 Å². The summed E-state index contributed by atoms with van der Waals surface area (Å²) in [5.74, 6) is -0.947. The number of hydrogen-bond acceptors (Lipinski definition) is 9. The van der Waals surface area contributed by atoms with Gasteiger partial charge < -0.3 is 25.2 Å². The molecular weight excluding hydrogens is 705 g/mol. The van der Waals surface area contributed by atoms with Gasteiger partial charge in [0.2, 0.25) is 0 Å². The van der Waals surface area contributed by atoms with E-state index >= 15 is 0 Å². The number of unbranched alkanes of at least 4 members (excludes halogenated alkanes) is 9. The van der Waals surface area contributed by atoms with Crippen LogP contribution < -0.4 is 5.73 Å². The summed E-state index contributed by atoms with van der Waals surface area (Å²) in [6.07, 6.45) is 43.9. The van der Waals surface area contributed by atoms with Crippen LogP contribution in [-0.2, 0) is 32.7 Å². The van der Waals surface area contributed by atoms with Gasteiger partial charge in [0, 0.05) is 19.4 Å². The van der Waals surface area contributed by atoms with Gasteiger partial charge in [0.15, 0.2) is 6.10 Å². The third-order valence-electron chi connectivity index (χ3n) is 7.84. The molecule has 0 aliphatic carbocycles. The van der Waals surface area contributed by atoms with Crippen LogP contribution in [0.5, 0.6) is 0 Å². The highest BCUT2D eigenvalue weighted by molar-refractivity contribution is 7.47. The second-order valence-corrected chi connectivity index (χ2v) is 14.4. The zero-order valence-corrected chi connectivity index (χ0v) is 34.2. The number of carbonyl (C=O) groups is 2. The molecule has 4 N–H and O–H groups in total. The molecule has 11 heteroatoms. The highest BCUT2D eigenvalue weighted by atomic mass is 31.2. The number of rotatable bonds is 36. The van der Waals surface area contributed by atoms with Gasteiger partial charge in [-0.15, -0.1) is 0 Å². The largest absolute Gasteiger partial charge is 0.472 e. The zero-order valence-electron chi connectivity index (χ0n) is 33.3. The highest BCUT2D eigenvalue weighted by Gasteiger charge is 2.25. The summed E-state index contributed by atoms with van der Waals surface area (Å²) in [6, 6.07) is 0. The predicted octanol–water partition coefficient (Wildman–Crippen LogP) is 10.2. The molecule has 0 radical (unpaired) electrons. The number of hydrogen-bond donors (Lipinski definition) is 3. The molecule has 0 rings (SSSR count). The van der Waals surface area contributed by atoms with E-state index in [1.54, 1.807) is 0 Å². The molecule has 0 amide bonds. The number of phosphoric ester groups is 1. The molecule has 3 atom stereocenters. The zero-order chi connectivity index (χ0) is 39.8. The summed E-state index contributed by atoms with van der Waals surface area (Å²) < 4.78 is 32.6. The van der Waals surface area contributed by atoms with E-state index in [1.807, 2.05) is 55.5 Å². The van der Waals surface area contributed by atoms with E-state index in [0.29, 0.717) is 25.7 Å². The Hall–Kier alpha value is -2.85. The molecular formula is C43H72NO9P. The average molecular weight is 778 g/mol. The topological polar surface area (TPSA) is 155 Å². The van der Waals surface area contributed by atoms with Crippen LogP contribution >= 0.6 is 7.82 Å². The normalized spacial score (nSPS) is 14.8. The second kappa shape index (κ2) is 38.4. The quantitative estimate of drug-likeness (QED) is 0.0184. The highest BCUT2D eigenvalue weighted by Crippen LogP contribution is 2.43. The van der Waals surface area contributed by atoms with Gasteiger partial charge in [-0.25, -0.2) is 4.57 Å². The van der Waals surface area contributed by atoms with Crippen LogP contribution in [0.25, 0.3) is 0 Å². The lowest BCUT2D eigenvalue weighted by molar-refractivity contribution is -0.161. The molecule has 0 bridgehead atoms. The Bertz CT molecular complexity index is 1180. The van der Waals surface area contributed by atoms with E-state index in [0.717, 1.165) is 57.8 Å². The number of esters is 2. The lowest BCUT2D eigenvalue weighted by Gasteiger charge is -2.19. The van der Waals surface area contributed by atoms with Gasteiger partial charge >= 0.3 is 19.8 Å². The molecule has 54 heavy (non-hydrogen) atoms. The first-order valence-corrected chi connectivity index (χ1v) is 21.7. The minimum atomic E-state index is -4.41. The fourth-order valence-corrected chi connectivity index (χ4v) is 5.60. The van der Waals surface area contributed by atoms with Crippen molar-refractivity contribution < 1.29 is 42.7 Å². The molecule has 0 heterocycles. The van der Waals surface area contributed by atoms with Gasteiger partial charge in [0.1, 0.15) is 6.61 Å². The van der Waals surface area contributed by atoms with E-state index in [4.69, 9.17) is 24.3 Å². The summed E-state index contributed by atoms with van der Waals surface area (Å²) in [7, 11) is -4.41. The Kier molecular flexibility index (Phi) is 36.4. The fraction of sp³-hybridized carbons (Fsp3) is 0.628. The number of phosphoric acid groups is 1. The number of allylic oxidation sites excluding steroid dienone is 12. The van der Waals surface area contributed by atoms with Crippen molar-refractivity contribution in [1.29, 1.82) is 0 Å². The molecule has 2 unspecified atom stereocenters. The lowest BCUT2D eigenvalue weighted by atomic mass is 10.1. The van der Waals surface area contributed by atoms with Gasteiger partial charge in [0.25, 0.3) is 0 Å². The molecule has 0 saturated heterocycles. The minimum absolute atomic E-state index is 0.0306. The van der Waals surface area contributed by atoms with E-state index in [9.17, 15) is 24.2 Å². The summed E-state index contributed by atoms with van der Waals surface area (Å²) >= 11 is 0. The maximum absolute atomic E-state index is 12.5. The van der Waals surface area contributed by atoms with Crippen LogP contribution in [-0.4, -0.2) is 60.5 Å².